The molecule has 0 amide bonds. The van der Waals surface area contributed by atoms with E-state index in [2.05, 4.69) is 55.1 Å². The van der Waals surface area contributed by atoms with Crippen LogP contribution in [0.4, 0.5) is 0 Å². The Kier molecular flexibility index (Phi) is 3.11. The van der Waals surface area contributed by atoms with E-state index in [0.717, 1.165) is 6.42 Å². The smallest absolute Gasteiger partial charge is 0.0478 e. The topological polar surface area (TPSA) is 30.9 Å². The molecule has 1 heterocycles. The zero-order valence-corrected chi connectivity index (χ0v) is 9.90. The predicted octanol–water partition coefficient (Wildman–Crippen LogP) is 2.60. The highest BCUT2D eigenvalue weighted by Crippen LogP contribution is 2.17. The van der Waals surface area contributed by atoms with Crippen LogP contribution >= 0.6 is 0 Å². The highest BCUT2D eigenvalue weighted by molar-refractivity contribution is 5.43. The summed E-state index contributed by atoms with van der Waals surface area (Å²) in [6, 6.07) is 8.64. The Hall–Kier alpha value is -1.54. The number of aryl methyl sites for hydroxylation is 2. The Balaban J connectivity index is 2.35. The molecule has 2 rings (SSSR count). The SMILES string of the molecule is Cc1ccc(-n2ccc(CCN)c2)c(C)c1. The molecule has 0 fully saturated rings. The summed E-state index contributed by atoms with van der Waals surface area (Å²) < 4.78 is 2.17. The van der Waals surface area contributed by atoms with E-state index in [1.165, 1.54) is 22.4 Å². The van der Waals surface area contributed by atoms with Gasteiger partial charge in [-0.3, -0.25) is 0 Å². The average Bonchev–Trinajstić information content (AvgIpc) is 2.67. The summed E-state index contributed by atoms with van der Waals surface area (Å²) >= 11 is 0. The first-order chi connectivity index (χ1) is 7.70. The third-order valence-corrected chi connectivity index (χ3v) is 2.82. The third kappa shape index (κ3) is 2.17. The summed E-state index contributed by atoms with van der Waals surface area (Å²) in [5.74, 6) is 0. The molecule has 0 bridgehead atoms. The van der Waals surface area contributed by atoms with Crippen molar-refractivity contribution in [3.8, 4) is 5.69 Å². The standard InChI is InChI=1S/C14H18N2/c1-11-3-4-14(12(2)9-11)16-8-6-13(10-16)5-7-15/h3-4,6,8-10H,5,7,15H2,1-2H3. The predicted molar refractivity (Wildman–Crippen MR) is 68.0 cm³/mol. The zero-order valence-electron chi connectivity index (χ0n) is 9.90. The summed E-state index contributed by atoms with van der Waals surface area (Å²) in [4.78, 5) is 0. The van der Waals surface area contributed by atoms with Gasteiger partial charge in [-0.15, -0.1) is 0 Å². The minimum absolute atomic E-state index is 0.705. The lowest BCUT2D eigenvalue weighted by Gasteiger charge is -2.07. The molecule has 1 aromatic heterocycles. The van der Waals surface area contributed by atoms with Gasteiger partial charge >= 0.3 is 0 Å². The van der Waals surface area contributed by atoms with E-state index < -0.39 is 0 Å². The highest BCUT2D eigenvalue weighted by Gasteiger charge is 2.02. The largest absolute Gasteiger partial charge is 0.330 e. The van der Waals surface area contributed by atoms with Crippen LogP contribution in [0.3, 0.4) is 0 Å². The van der Waals surface area contributed by atoms with E-state index in [4.69, 9.17) is 5.73 Å². The van der Waals surface area contributed by atoms with Crippen molar-refractivity contribution >= 4 is 0 Å². The van der Waals surface area contributed by atoms with Gasteiger partial charge in [-0.25, -0.2) is 0 Å². The second-order valence-corrected chi connectivity index (χ2v) is 4.26. The van der Waals surface area contributed by atoms with Crippen LogP contribution < -0.4 is 5.73 Å². The molecule has 0 aliphatic rings. The van der Waals surface area contributed by atoms with Gasteiger partial charge in [-0.1, -0.05) is 17.7 Å². The van der Waals surface area contributed by atoms with Crippen molar-refractivity contribution in [2.75, 3.05) is 6.54 Å². The van der Waals surface area contributed by atoms with Crippen molar-refractivity contribution in [3.63, 3.8) is 0 Å². The van der Waals surface area contributed by atoms with Crippen molar-refractivity contribution in [3.05, 3.63) is 53.3 Å². The summed E-state index contributed by atoms with van der Waals surface area (Å²) in [5, 5.41) is 0. The fraction of sp³-hybridized carbons (Fsp3) is 0.286. The van der Waals surface area contributed by atoms with Crippen LogP contribution in [-0.2, 0) is 6.42 Å². The molecule has 0 saturated heterocycles. The molecule has 84 valence electrons. The maximum Gasteiger partial charge on any atom is 0.0478 e. The van der Waals surface area contributed by atoms with E-state index in [0.29, 0.717) is 6.54 Å². The number of nitrogens with two attached hydrogens (primary N) is 1. The van der Waals surface area contributed by atoms with E-state index in [1.54, 1.807) is 0 Å². The maximum absolute atomic E-state index is 5.55. The molecule has 0 aliphatic carbocycles. The van der Waals surface area contributed by atoms with Gasteiger partial charge in [0.2, 0.25) is 0 Å². The van der Waals surface area contributed by atoms with Crippen LogP contribution in [0.15, 0.2) is 36.7 Å². The van der Waals surface area contributed by atoms with Gasteiger partial charge in [0, 0.05) is 18.1 Å². The van der Waals surface area contributed by atoms with Crippen LogP contribution in [-0.4, -0.2) is 11.1 Å². The number of benzene rings is 1. The van der Waals surface area contributed by atoms with Crippen molar-refractivity contribution in [2.24, 2.45) is 5.73 Å². The van der Waals surface area contributed by atoms with Crippen molar-refractivity contribution in [1.29, 1.82) is 0 Å². The fourth-order valence-electron chi connectivity index (χ4n) is 2.00. The summed E-state index contributed by atoms with van der Waals surface area (Å²) in [6.07, 6.45) is 5.20. The second kappa shape index (κ2) is 4.54. The molecule has 0 saturated carbocycles. The number of hydrogen-bond donors (Lipinski definition) is 1. The molecule has 1 aromatic carbocycles. The van der Waals surface area contributed by atoms with Gasteiger partial charge in [-0.05, 0) is 50.1 Å². The van der Waals surface area contributed by atoms with Gasteiger partial charge in [0.05, 0.1) is 0 Å². The van der Waals surface area contributed by atoms with E-state index in [-0.39, 0.29) is 0 Å². The van der Waals surface area contributed by atoms with Crippen molar-refractivity contribution < 1.29 is 0 Å². The van der Waals surface area contributed by atoms with Gasteiger partial charge in [-0.2, -0.15) is 0 Å². The number of aromatic nitrogens is 1. The Bertz CT molecular complexity index is 483. The fourth-order valence-corrected chi connectivity index (χ4v) is 2.00. The van der Waals surface area contributed by atoms with Crippen LogP contribution in [0, 0.1) is 13.8 Å². The molecule has 2 aromatic rings. The van der Waals surface area contributed by atoms with Gasteiger partial charge in [0.25, 0.3) is 0 Å². The van der Waals surface area contributed by atoms with Gasteiger partial charge < -0.3 is 10.3 Å². The first kappa shape index (κ1) is 11.0. The number of hydrogen-bond acceptors (Lipinski definition) is 1. The number of rotatable bonds is 3. The molecule has 0 aliphatic heterocycles. The quantitative estimate of drug-likeness (QED) is 0.836. The van der Waals surface area contributed by atoms with Crippen LogP contribution in [0.1, 0.15) is 16.7 Å². The van der Waals surface area contributed by atoms with E-state index in [9.17, 15) is 0 Å². The lowest BCUT2D eigenvalue weighted by atomic mass is 10.1. The third-order valence-electron chi connectivity index (χ3n) is 2.82. The first-order valence-corrected chi connectivity index (χ1v) is 5.65. The monoisotopic (exact) mass is 214 g/mol. The first-order valence-electron chi connectivity index (χ1n) is 5.65. The van der Waals surface area contributed by atoms with Crippen molar-refractivity contribution in [2.45, 2.75) is 20.3 Å². The Morgan fingerprint density at radius 1 is 1.19 bits per heavy atom. The summed E-state index contributed by atoms with van der Waals surface area (Å²) in [6.45, 7) is 4.97. The Morgan fingerprint density at radius 2 is 2.00 bits per heavy atom. The van der Waals surface area contributed by atoms with Crippen LogP contribution in [0.2, 0.25) is 0 Å². The molecule has 2 nitrogen and oxygen atoms in total. The summed E-state index contributed by atoms with van der Waals surface area (Å²) in [5.41, 5.74) is 10.7. The van der Waals surface area contributed by atoms with Gasteiger partial charge in [0.1, 0.15) is 0 Å². The molecule has 0 spiro atoms. The van der Waals surface area contributed by atoms with Crippen molar-refractivity contribution in [1.82, 2.24) is 4.57 Å². The molecule has 0 unspecified atom stereocenters. The zero-order chi connectivity index (χ0) is 11.5. The molecular weight excluding hydrogens is 196 g/mol. The molecular formula is C14H18N2. The lowest BCUT2D eigenvalue weighted by molar-refractivity contribution is 0.960. The molecule has 16 heavy (non-hydrogen) atoms. The molecule has 0 atom stereocenters. The normalized spacial score (nSPS) is 10.7. The Labute approximate surface area is 96.7 Å². The molecule has 0 radical (unpaired) electrons. The minimum Gasteiger partial charge on any atom is -0.330 e. The maximum atomic E-state index is 5.55. The van der Waals surface area contributed by atoms with Crippen LogP contribution in [0.25, 0.3) is 5.69 Å². The molecule has 2 heteroatoms. The highest BCUT2D eigenvalue weighted by atomic mass is 14.9. The van der Waals surface area contributed by atoms with E-state index >= 15 is 0 Å². The molecule has 2 N–H and O–H groups in total. The van der Waals surface area contributed by atoms with Gasteiger partial charge in [0.15, 0.2) is 0 Å². The van der Waals surface area contributed by atoms with E-state index in [1.807, 2.05) is 0 Å². The second-order valence-electron chi connectivity index (χ2n) is 4.26. The van der Waals surface area contributed by atoms with Crippen LogP contribution in [0.5, 0.6) is 0 Å². The average molecular weight is 214 g/mol. The number of nitrogens with zero attached hydrogens (tertiary/aromatic N) is 1. The Morgan fingerprint density at radius 3 is 2.69 bits per heavy atom. The lowest BCUT2D eigenvalue weighted by Crippen LogP contribution is -2.01. The summed E-state index contributed by atoms with van der Waals surface area (Å²) in [7, 11) is 0. The minimum atomic E-state index is 0.705.